The minimum Gasteiger partial charge on any atom is -0.491 e. The Labute approximate surface area is 171 Å². The van der Waals surface area contributed by atoms with Crippen LogP contribution in [0.1, 0.15) is 28.9 Å². The van der Waals surface area contributed by atoms with E-state index in [0.717, 1.165) is 11.4 Å². The zero-order valence-corrected chi connectivity index (χ0v) is 16.7. The second kappa shape index (κ2) is 10.3. The first-order valence-corrected chi connectivity index (χ1v) is 9.60. The monoisotopic (exact) mass is 390 g/mol. The first kappa shape index (κ1) is 20.4. The van der Waals surface area contributed by atoms with Crippen LogP contribution in [0.2, 0.25) is 0 Å². The Hall–Kier alpha value is -3.31. The summed E-state index contributed by atoms with van der Waals surface area (Å²) in [5.41, 5.74) is 3.49. The van der Waals surface area contributed by atoms with E-state index >= 15 is 0 Å². The fraction of sp³-hybridized carbons (Fsp3) is 0.208. The molecule has 1 amide bonds. The molecule has 5 nitrogen and oxygen atoms in total. The average molecular weight is 390 g/mol. The van der Waals surface area contributed by atoms with E-state index in [4.69, 9.17) is 9.47 Å². The Morgan fingerprint density at radius 3 is 2.34 bits per heavy atom. The molecule has 0 aliphatic heterocycles. The molecule has 1 unspecified atom stereocenters. The van der Waals surface area contributed by atoms with Gasteiger partial charge < -0.3 is 20.1 Å². The summed E-state index contributed by atoms with van der Waals surface area (Å²) in [5.74, 6) is 0.463. The Kier molecular flexibility index (Phi) is 7.25. The van der Waals surface area contributed by atoms with Gasteiger partial charge in [0, 0.05) is 30.1 Å². The van der Waals surface area contributed by atoms with Gasteiger partial charge in [-0.2, -0.15) is 0 Å². The molecule has 0 aromatic heterocycles. The Morgan fingerprint density at radius 2 is 1.62 bits per heavy atom. The lowest BCUT2D eigenvalue weighted by Gasteiger charge is -2.16. The number of hydrogen-bond acceptors (Lipinski definition) is 4. The number of carbonyl (C=O) groups is 1. The topological polar surface area (TPSA) is 59.6 Å². The molecular formula is C24H26N2O3. The molecular weight excluding hydrogens is 364 g/mol. The normalized spacial score (nSPS) is 11.5. The molecule has 3 rings (SSSR count). The van der Waals surface area contributed by atoms with Crippen molar-refractivity contribution < 1.29 is 14.3 Å². The molecule has 3 aromatic carbocycles. The van der Waals surface area contributed by atoms with Gasteiger partial charge in [-0.1, -0.05) is 36.4 Å². The van der Waals surface area contributed by atoms with Gasteiger partial charge in [-0.05, 0) is 55.0 Å². The number of methoxy groups -OCH3 is 1. The predicted octanol–water partition coefficient (Wildman–Crippen LogP) is 5.14. The number of rotatable bonds is 9. The number of amides is 1. The van der Waals surface area contributed by atoms with Crippen molar-refractivity contribution in [2.45, 2.75) is 13.0 Å². The largest absolute Gasteiger partial charge is 0.491 e. The summed E-state index contributed by atoms with van der Waals surface area (Å²) in [6.45, 7) is 3.06. The molecule has 0 heterocycles. The van der Waals surface area contributed by atoms with Crippen molar-refractivity contribution in [1.82, 2.24) is 0 Å². The van der Waals surface area contributed by atoms with Gasteiger partial charge in [-0.15, -0.1) is 0 Å². The predicted molar refractivity (Wildman–Crippen MR) is 117 cm³/mol. The highest BCUT2D eigenvalue weighted by molar-refractivity contribution is 6.04. The highest BCUT2D eigenvalue weighted by atomic mass is 16.5. The lowest BCUT2D eigenvalue weighted by Crippen LogP contribution is -2.12. The van der Waals surface area contributed by atoms with E-state index in [-0.39, 0.29) is 11.9 Å². The Balaban J connectivity index is 1.58. The van der Waals surface area contributed by atoms with Crippen LogP contribution >= 0.6 is 0 Å². The van der Waals surface area contributed by atoms with Crippen LogP contribution in [0.5, 0.6) is 5.75 Å². The molecule has 0 saturated heterocycles. The molecule has 0 radical (unpaired) electrons. The van der Waals surface area contributed by atoms with E-state index < -0.39 is 0 Å². The third kappa shape index (κ3) is 6.09. The van der Waals surface area contributed by atoms with Crippen LogP contribution in [0.25, 0.3) is 0 Å². The Morgan fingerprint density at radius 1 is 0.897 bits per heavy atom. The zero-order valence-electron chi connectivity index (χ0n) is 16.7. The molecule has 5 heteroatoms. The minimum atomic E-state index is -0.180. The van der Waals surface area contributed by atoms with E-state index in [1.165, 1.54) is 5.56 Å². The summed E-state index contributed by atoms with van der Waals surface area (Å²) in [5, 5.41) is 6.38. The van der Waals surface area contributed by atoms with Crippen molar-refractivity contribution in [1.29, 1.82) is 0 Å². The van der Waals surface area contributed by atoms with Gasteiger partial charge in [0.25, 0.3) is 5.91 Å². The van der Waals surface area contributed by atoms with Gasteiger partial charge >= 0.3 is 0 Å². The SMILES string of the molecule is COCCOc1cccc(C(=O)Nc2ccc(NC(C)c3ccccc3)cc2)c1. The quantitative estimate of drug-likeness (QED) is 0.497. The van der Waals surface area contributed by atoms with Gasteiger partial charge in [0.1, 0.15) is 12.4 Å². The average Bonchev–Trinajstić information content (AvgIpc) is 2.76. The molecule has 29 heavy (non-hydrogen) atoms. The van der Waals surface area contributed by atoms with Crippen LogP contribution in [-0.2, 0) is 4.74 Å². The minimum absolute atomic E-state index is 0.180. The maximum absolute atomic E-state index is 12.5. The van der Waals surface area contributed by atoms with Crippen molar-refractivity contribution >= 4 is 17.3 Å². The second-order valence-electron chi connectivity index (χ2n) is 6.68. The van der Waals surface area contributed by atoms with Crippen molar-refractivity contribution in [3.63, 3.8) is 0 Å². The second-order valence-corrected chi connectivity index (χ2v) is 6.68. The maximum Gasteiger partial charge on any atom is 0.255 e. The van der Waals surface area contributed by atoms with E-state index in [1.54, 1.807) is 25.3 Å². The highest BCUT2D eigenvalue weighted by Crippen LogP contribution is 2.21. The summed E-state index contributed by atoms with van der Waals surface area (Å²) in [4.78, 5) is 12.5. The summed E-state index contributed by atoms with van der Waals surface area (Å²) >= 11 is 0. The van der Waals surface area contributed by atoms with Crippen molar-refractivity contribution in [3.05, 3.63) is 90.0 Å². The number of benzene rings is 3. The number of nitrogens with one attached hydrogen (secondary N) is 2. The fourth-order valence-corrected chi connectivity index (χ4v) is 2.90. The highest BCUT2D eigenvalue weighted by Gasteiger charge is 2.08. The standard InChI is InChI=1S/C24H26N2O3/c1-18(19-7-4-3-5-8-19)25-21-11-13-22(14-12-21)26-24(27)20-9-6-10-23(17-20)29-16-15-28-2/h3-14,17-18,25H,15-16H2,1-2H3,(H,26,27). The Bertz CT molecular complexity index is 911. The molecule has 0 aliphatic rings. The fourth-order valence-electron chi connectivity index (χ4n) is 2.90. The summed E-state index contributed by atoms with van der Waals surface area (Å²) in [6.07, 6.45) is 0. The van der Waals surface area contributed by atoms with Crippen LogP contribution in [0.4, 0.5) is 11.4 Å². The first-order chi connectivity index (χ1) is 14.2. The molecule has 0 aliphatic carbocycles. The van der Waals surface area contributed by atoms with Crippen LogP contribution in [0.15, 0.2) is 78.9 Å². The zero-order chi connectivity index (χ0) is 20.5. The van der Waals surface area contributed by atoms with Gasteiger partial charge in [-0.3, -0.25) is 4.79 Å². The van der Waals surface area contributed by atoms with Crippen molar-refractivity contribution in [2.75, 3.05) is 31.0 Å². The number of carbonyl (C=O) groups excluding carboxylic acids is 1. The summed E-state index contributed by atoms with van der Waals surface area (Å²) in [7, 11) is 1.62. The van der Waals surface area contributed by atoms with Crippen molar-refractivity contribution in [2.24, 2.45) is 0 Å². The van der Waals surface area contributed by atoms with E-state index in [1.807, 2.05) is 48.5 Å². The van der Waals surface area contributed by atoms with Crippen LogP contribution in [0, 0.1) is 0 Å². The third-order valence-corrected chi connectivity index (χ3v) is 4.48. The third-order valence-electron chi connectivity index (χ3n) is 4.48. The molecule has 0 spiro atoms. The first-order valence-electron chi connectivity index (χ1n) is 9.60. The molecule has 0 bridgehead atoms. The molecule has 0 saturated carbocycles. The molecule has 0 fully saturated rings. The summed E-state index contributed by atoms with van der Waals surface area (Å²) < 4.78 is 10.5. The molecule has 150 valence electrons. The van der Waals surface area contributed by atoms with Crippen LogP contribution < -0.4 is 15.4 Å². The van der Waals surface area contributed by atoms with E-state index in [9.17, 15) is 4.79 Å². The van der Waals surface area contributed by atoms with E-state index in [0.29, 0.717) is 24.5 Å². The number of anilines is 2. The van der Waals surface area contributed by atoms with E-state index in [2.05, 4.69) is 29.7 Å². The molecule has 2 N–H and O–H groups in total. The van der Waals surface area contributed by atoms with Crippen LogP contribution in [0.3, 0.4) is 0 Å². The van der Waals surface area contributed by atoms with Gasteiger partial charge in [0.05, 0.1) is 6.61 Å². The van der Waals surface area contributed by atoms with Crippen molar-refractivity contribution in [3.8, 4) is 5.75 Å². The van der Waals surface area contributed by atoms with Gasteiger partial charge in [0.15, 0.2) is 0 Å². The maximum atomic E-state index is 12.5. The van der Waals surface area contributed by atoms with Gasteiger partial charge in [0.2, 0.25) is 0 Å². The number of ether oxygens (including phenoxy) is 2. The van der Waals surface area contributed by atoms with Gasteiger partial charge in [-0.25, -0.2) is 0 Å². The molecule has 3 aromatic rings. The van der Waals surface area contributed by atoms with Crippen LogP contribution in [-0.4, -0.2) is 26.2 Å². The lowest BCUT2D eigenvalue weighted by molar-refractivity contribution is 0.102. The smallest absolute Gasteiger partial charge is 0.255 e. The summed E-state index contributed by atoms with van der Waals surface area (Å²) in [6, 6.07) is 25.2. The lowest BCUT2D eigenvalue weighted by atomic mass is 10.1. The number of hydrogen-bond donors (Lipinski definition) is 2. The molecule has 1 atom stereocenters.